The predicted molar refractivity (Wildman–Crippen MR) is 119 cm³/mol. The number of hydrogen-bond acceptors (Lipinski definition) is 5. The maximum Gasteiger partial charge on any atom is 0.165 e. The minimum Gasteiger partial charge on any atom is -0.382 e. The third kappa shape index (κ3) is 4.33. The number of nitrogen functional groups attached to an aromatic ring is 1. The molecule has 4 rings (SSSR count). The van der Waals surface area contributed by atoms with Crippen molar-refractivity contribution >= 4 is 17.0 Å². The van der Waals surface area contributed by atoms with Gasteiger partial charge in [-0.25, -0.2) is 15.0 Å². The monoisotopic (exact) mass is 401 g/mol. The van der Waals surface area contributed by atoms with E-state index in [0.717, 1.165) is 24.1 Å². The van der Waals surface area contributed by atoms with Crippen LogP contribution in [0.4, 0.5) is 5.82 Å². The van der Waals surface area contributed by atoms with Gasteiger partial charge in [-0.1, -0.05) is 61.5 Å². The summed E-state index contributed by atoms with van der Waals surface area (Å²) in [5, 5.41) is 0. The van der Waals surface area contributed by atoms with E-state index < -0.39 is 0 Å². The fourth-order valence-electron chi connectivity index (χ4n) is 3.73. The van der Waals surface area contributed by atoms with Gasteiger partial charge in [-0.05, 0) is 36.5 Å². The van der Waals surface area contributed by atoms with Crippen molar-refractivity contribution in [3.8, 4) is 0 Å². The van der Waals surface area contributed by atoms with Crippen LogP contribution in [0.1, 0.15) is 36.6 Å². The fourth-order valence-corrected chi connectivity index (χ4v) is 3.73. The summed E-state index contributed by atoms with van der Waals surface area (Å²) in [4.78, 5) is 13.0. The smallest absolute Gasteiger partial charge is 0.165 e. The van der Waals surface area contributed by atoms with Gasteiger partial charge in [-0.2, -0.15) is 0 Å². The molecule has 0 amide bonds. The lowest BCUT2D eigenvalue weighted by Crippen LogP contribution is -2.26. The predicted octanol–water partition coefficient (Wildman–Crippen LogP) is 4.36. The molecule has 6 nitrogen and oxygen atoms in total. The number of nitrogens with two attached hydrogens (primary N) is 1. The molecule has 2 atom stereocenters. The number of rotatable bonds is 8. The Labute approximate surface area is 176 Å². The van der Waals surface area contributed by atoms with Crippen molar-refractivity contribution in [3.05, 3.63) is 83.9 Å². The maximum atomic E-state index is 6.30. The molecule has 0 saturated carbocycles. The molecule has 0 fully saturated rings. The minimum absolute atomic E-state index is 0.0140. The lowest BCUT2D eigenvalue weighted by Gasteiger charge is -2.26. The molecule has 0 aliphatic heterocycles. The van der Waals surface area contributed by atoms with Crippen LogP contribution in [0.5, 0.6) is 0 Å². The van der Waals surface area contributed by atoms with Gasteiger partial charge in [0.05, 0.1) is 25.1 Å². The number of anilines is 1. The van der Waals surface area contributed by atoms with Gasteiger partial charge in [0.1, 0.15) is 11.8 Å². The Morgan fingerprint density at radius 3 is 2.53 bits per heavy atom. The highest BCUT2D eigenvalue weighted by Crippen LogP contribution is 2.27. The molecular formula is C24H27N5O. The van der Waals surface area contributed by atoms with E-state index in [0.29, 0.717) is 17.9 Å². The Morgan fingerprint density at radius 1 is 0.967 bits per heavy atom. The largest absolute Gasteiger partial charge is 0.382 e. The van der Waals surface area contributed by atoms with Crippen LogP contribution < -0.4 is 5.73 Å². The third-order valence-corrected chi connectivity index (χ3v) is 5.49. The van der Waals surface area contributed by atoms with Crippen molar-refractivity contribution in [2.24, 2.45) is 0 Å². The lowest BCUT2D eigenvalue weighted by atomic mass is 9.99. The highest BCUT2D eigenvalue weighted by molar-refractivity contribution is 5.81. The number of aromatic nitrogens is 4. The number of benzene rings is 2. The Morgan fingerprint density at radius 2 is 1.73 bits per heavy atom. The molecule has 2 heterocycles. The number of fused-ring (bicyclic) bond motifs is 1. The summed E-state index contributed by atoms with van der Waals surface area (Å²) in [6, 6.07) is 18.9. The summed E-state index contributed by atoms with van der Waals surface area (Å²) < 4.78 is 8.37. The molecule has 0 saturated heterocycles. The molecule has 2 aromatic carbocycles. The second-order valence-corrected chi connectivity index (χ2v) is 7.53. The van der Waals surface area contributed by atoms with Crippen LogP contribution in [0.2, 0.25) is 0 Å². The van der Waals surface area contributed by atoms with Crippen LogP contribution in [0.15, 0.2) is 67.3 Å². The first kappa shape index (κ1) is 20.0. The van der Waals surface area contributed by atoms with Gasteiger partial charge >= 0.3 is 0 Å². The van der Waals surface area contributed by atoms with Gasteiger partial charge in [0.25, 0.3) is 0 Å². The summed E-state index contributed by atoms with van der Waals surface area (Å²) >= 11 is 0. The highest BCUT2D eigenvalue weighted by atomic mass is 16.5. The average molecular weight is 402 g/mol. The zero-order valence-electron chi connectivity index (χ0n) is 17.4. The molecule has 0 bridgehead atoms. The van der Waals surface area contributed by atoms with E-state index in [1.807, 2.05) is 18.2 Å². The van der Waals surface area contributed by atoms with Gasteiger partial charge in [0.15, 0.2) is 11.5 Å². The first-order valence-corrected chi connectivity index (χ1v) is 10.3. The molecule has 0 radical (unpaired) electrons. The fraction of sp³-hybridized carbons (Fsp3) is 0.292. The van der Waals surface area contributed by atoms with E-state index in [1.165, 1.54) is 17.5 Å². The molecule has 0 spiro atoms. The molecule has 0 unspecified atom stereocenters. The van der Waals surface area contributed by atoms with Crippen molar-refractivity contribution in [1.82, 2.24) is 19.5 Å². The number of aryl methyl sites for hydroxylation is 1. The van der Waals surface area contributed by atoms with Crippen LogP contribution in [0.25, 0.3) is 11.2 Å². The van der Waals surface area contributed by atoms with Crippen LogP contribution in [-0.4, -0.2) is 25.6 Å². The van der Waals surface area contributed by atoms with Crippen molar-refractivity contribution in [1.29, 1.82) is 0 Å². The summed E-state index contributed by atoms with van der Waals surface area (Å²) in [5.41, 5.74) is 11.1. The van der Waals surface area contributed by atoms with E-state index in [4.69, 9.17) is 10.5 Å². The number of nitrogens with zero attached hydrogens (tertiary/aromatic N) is 4. The van der Waals surface area contributed by atoms with Crippen LogP contribution in [-0.2, 0) is 24.2 Å². The topological polar surface area (TPSA) is 78.9 Å². The zero-order valence-corrected chi connectivity index (χ0v) is 17.4. The molecule has 2 N–H and O–H groups in total. The Kier molecular flexibility index (Phi) is 6.05. The standard InChI is InChI=1S/C24H27N5O/c1-3-18-10-7-11-20(12-18)13-21(17(2)30-14-19-8-5-4-6-9-19)29-16-28-22-23(25)26-15-27-24(22)29/h4-12,15-17,21H,3,13-14H2,1-2H3,(H2,25,26,27)/t17-,21+/m0/s1. The van der Waals surface area contributed by atoms with E-state index >= 15 is 0 Å². The molecule has 30 heavy (non-hydrogen) atoms. The summed E-state index contributed by atoms with van der Waals surface area (Å²) in [5.74, 6) is 0.392. The molecule has 0 aliphatic rings. The van der Waals surface area contributed by atoms with Gasteiger partial charge in [0.2, 0.25) is 0 Å². The van der Waals surface area contributed by atoms with Crippen molar-refractivity contribution in [2.75, 3.05) is 5.73 Å². The van der Waals surface area contributed by atoms with Gasteiger partial charge < -0.3 is 15.0 Å². The third-order valence-electron chi connectivity index (χ3n) is 5.49. The molecule has 154 valence electrons. The van der Waals surface area contributed by atoms with Crippen molar-refractivity contribution in [3.63, 3.8) is 0 Å². The second kappa shape index (κ2) is 9.05. The second-order valence-electron chi connectivity index (χ2n) is 7.53. The summed E-state index contributed by atoms with van der Waals surface area (Å²) in [7, 11) is 0. The molecule has 0 aliphatic carbocycles. The van der Waals surface area contributed by atoms with Crippen LogP contribution in [0, 0.1) is 0 Å². The number of imidazole rings is 1. The summed E-state index contributed by atoms with van der Waals surface area (Å²) in [6.45, 7) is 4.83. The Bertz CT molecular complexity index is 1110. The first-order valence-electron chi connectivity index (χ1n) is 10.3. The Hall–Kier alpha value is -3.25. The minimum atomic E-state index is -0.0657. The molecule has 2 aromatic heterocycles. The lowest BCUT2D eigenvalue weighted by molar-refractivity contribution is 0.0181. The Balaban J connectivity index is 1.65. The quantitative estimate of drug-likeness (QED) is 0.475. The van der Waals surface area contributed by atoms with Crippen LogP contribution >= 0.6 is 0 Å². The van der Waals surface area contributed by atoms with E-state index in [1.54, 1.807) is 6.33 Å². The number of ether oxygens (including phenoxy) is 1. The SMILES string of the molecule is CCc1cccc(C[C@H]([C@H](C)OCc2ccccc2)n2cnc3c(N)ncnc32)c1. The van der Waals surface area contributed by atoms with Crippen LogP contribution in [0.3, 0.4) is 0 Å². The van der Waals surface area contributed by atoms with Crippen molar-refractivity contribution in [2.45, 2.75) is 45.4 Å². The molecule has 6 heteroatoms. The number of hydrogen-bond donors (Lipinski definition) is 1. The average Bonchev–Trinajstić information content (AvgIpc) is 3.22. The maximum absolute atomic E-state index is 6.30. The van der Waals surface area contributed by atoms with Crippen molar-refractivity contribution < 1.29 is 4.74 Å². The van der Waals surface area contributed by atoms with Gasteiger partial charge in [-0.15, -0.1) is 0 Å². The first-order chi connectivity index (χ1) is 14.7. The zero-order chi connectivity index (χ0) is 20.9. The summed E-state index contributed by atoms with van der Waals surface area (Å²) in [6.07, 6.45) is 5.03. The normalized spacial score (nSPS) is 13.4. The highest BCUT2D eigenvalue weighted by Gasteiger charge is 2.24. The molecular weight excluding hydrogens is 374 g/mol. The van der Waals surface area contributed by atoms with E-state index in [-0.39, 0.29) is 12.1 Å². The van der Waals surface area contributed by atoms with E-state index in [9.17, 15) is 0 Å². The molecule has 4 aromatic rings. The van der Waals surface area contributed by atoms with Gasteiger partial charge in [0, 0.05) is 0 Å². The van der Waals surface area contributed by atoms with E-state index in [2.05, 4.69) is 69.8 Å². The van der Waals surface area contributed by atoms with Gasteiger partial charge in [-0.3, -0.25) is 0 Å².